The molecule has 96 valence electrons. The number of nitrogens with one attached hydrogen (secondary N) is 1. The maximum atomic E-state index is 8.78. The van der Waals surface area contributed by atoms with Crippen LogP contribution in [0.3, 0.4) is 0 Å². The molecule has 1 aliphatic heterocycles. The third-order valence-electron chi connectivity index (χ3n) is 3.47. The normalized spacial score (nSPS) is 20.6. The average Bonchev–Trinajstić information content (AvgIpc) is 2.90. The van der Waals surface area contributed by atoms with E-state index in [1.165, 1.54) is 0 Å². The maximum absolute atomic E-state index is 8.78. The molecule has 2 unspecified atom stereocenters. The molecule has 1 saturated heterocycles. The van der Waals surface area contributed by atoms with Gasteiger partial charge in [0.1, 0.15) is 0 Å². The van der Waals surface area contributed by atoms with E-state index in [0.29, 0.717) is 22.5 Å². The van der Waals surface area contributed by atoms with Crippen LogP contribution in [0.1, 0.15) is 24.5 Å². The van der Waals surface area contributed by atoms with E-state index in [9.17, 15) is 0 Å². The number of hydrogen-bond donors (Lipinski definition) is 1. The highest BCUT2D eigenvalue weighted by molar-refractivity contribution is 6.31. The Labute approximate surface area is 113 Å². The van der Waals surface area contributed by atoms with Crippen molar-refractivity contribution in [3.8, 4) is 6.07 Å². The first-order chi connectivity index (χ1) is 8.70. The second-order valence-electron chi connectivity index (χ2n) is 4.71. The maximum Gasteiger partial charge on any atom is 0.0992 e. The molecule has 1 aromatic carbocycles. The van der Waals surface area contributed by atoms with Crippen LogP contribution in [-0.4, -0.2) is 19.3 Å². The minimum atomic E-state index is 0.416. The topological polar surface area (TPSA) is 45.0 Å². The molecule has 1 aliphatic rings. The van der Waals surface area contributed by atoms with Gasteiger partial charge in [-0.15, -0.1) is 0 Å². The molecule has 0 spiro atoms. The third kappa shape index (κ3) is 3.23. The first-order valence-electron chi connectivity index (χ1n) is 6.20. The van der Waals surface area contributed by atoms with Gasteiger partial charge in [0.05, 0.1) is 18.2 Å². The smallest absolute Gasteiger partial charge is 0.0992 e. The summed E-state index contributed by atoms with van der Waals surface area (Å²) in [6, 6.07) is 7.92. The van der Waals surface area contributed by atoms with Gasteiger partial charge < -0.3 is 10.1 Å². The van der Waals surface area contributed by atoms with Gasteiger partial charge in [-0.3, -0.25) is 0 Å². The number of nitriles is 1. The summed E-state index contributed by atoms with van der Waals surface area (Å²) >= 11 is 6.14. The Balaban J connectivity index is 1.91. The fraction of sp³-hybridized carbons (Fsp3) is 0.500. The van der Waals surface area contributed by atoms with Crippen molar-refractivity contribution in [1.82, 2.24) is 5.32 Å². The second-order valence-corrected chi connectivity index (χ2v) is 5.12. The summed E-state index contributed by atoms with van der Waals surface area (Å²) < 4.78 is 5.38. The lowest BCUT2D eigenvalue weighted by atomic mass is 10.0. The Bertz CT molecular complexity index is 450. The third-order valence-corrected chi connectivity index (χ3v) is 3.82. The van der Waals surface area contributed by atoms with Crippen LogP contribution in [0.15, 0.2) is 18.2 Å². The van der Waals surface area contributed by atoms with Crippen LogP contribution in [0.25, 0.3) is 0 Å². The molecule has 0 bridgehead atoms. The van der Waals surface area contributed by atoms with Crippen molar-refractivity contribution >= 4 is 11.6 Å². The predicted molar refractivity (Wildman–Crippen MR) is 71.4 cm³/mol. The van der Waals surface area contributed by atoms with E-state index in [1.54, 1.807) is 12.1 Å². The van der Waals surface area contributed by atoms with Crippen molar-refractivity contribution in [2.75, 3.05) is 13.2 Å². The molecule has 0 aliphatic carbocycles. The van der Waals surface area contributed by atoms with Crippen molar-refractivity contribution in [3.63, 3.8) is 0 Å². The predicted octanol–water partition coefficient (Wildman–Crippen LogP) is 2.73. The van der Waals surface area contributed by atoms with Gasteiger partial charge in [0, 0.05) is 24.2 Å². The molecule has 0 saturated carbocycles. The van der Waals surface area contributed by atoms with Gasteiger partial charge in [0.2, 0.25) is 0 Å². The Morgan fingerprint density at radius 1 is 1.61 bits per heavy atom. The fourth-order valence-corrected chi connectivity index (χ4v) is 2.39. The zero-order valence-electron chi connectivity index (χ0n) is 10.4. The average molecular weight is 265 g/mol. The molecule has 1 aromatic rings. The fourth-order valence-electron chi connectivity index (χ4n) is 2.14. The van der Waals surface area contributed by atoms with E-state index in [4.69, 9.17) is 21.6 Å². The number of nitrogens with zero attached hydrogens (tertiary/aromatic N) is 1. The van der Waals surface area contributed by atoms with Crippen molar-refractivity contribution < 1.29 is 4.74 Å². The highest BCUT2D eigenvalue weighted by atomic mass is 35.5. The summed E-state index contributed by atoms with van der Waals surface area (Å²) in [6.45, 7) is 4.61. The summed E-state index contributed by atoms with van der Waals surface area (Å²) in [5, 5.41) is 12.9. The minimum absolute atomic E-state index is 0.416. The van der Waals surface area contributed by atoms with Crippen molar-refractivity contribution in [2.45, 2.75) is 25.9 Å². The molecule has 0 radical (unpaired) electrons. The summed E-state index contributed by atoms with van der Waals surface area (Å²) in [7, 11) is 0. The van der Waals surface area contributed by atoms with Gasteiger partial charge in [0.15, 0.2) is 0 Å². The Morgan fingerprint density at radius 3 is 3.06 bits per heavy atom. The van der Waals surface area contributed by atoms with Crippen LogP contribution < -0.4 is 5.32 Å². The quantitative estimate of drug-likeness (QED) is 0.910. The van der Waals surface area contributed by atoms with Crippen molar-refractivity contribution in [1.29, 1.82) is 5.26 Å². The van der Waals surface area contributed by atoms with E-state index in [2.05, 4.69) is 18.3 Å². The molecule has 1 fully saturated rings. The zero-order chi connectivity index (χ0) is 13.0. The highest BCUT2D eigenvalue weighted by Gasteiger charge is 2.21. The molecule has 2 rings (SSSR count). The summed E-state index contributed by atoms with van der Waals surface area (Å²) in [4.78, 5) is 0. The van der Waals surface area contributed by atoms with Gasteiger partial charge in [-0.05, 0) is 37.0 Å². The molecular weight excluding hydrogens is 248 g/mol. The van der Waals surface area contributed by atoms with Crippen LogP contribution in [0.5, 0.6) is 0 Å². The first kappa shape index (κ1) is 13.4. The molecule has 0 aromatic heterocycles. The first-order valence-corrected chi connectivity index (χ1v) is 6.58. The van der Waals surface area contributed by atoms with E-state index in [-0.39, 0.29) is 0 Å². The second kappa shape index (κ2) is 6.19. The minimum Gasteiger partial charge on any atom is -0.381 e. The SMILES string of the molecule is CC(NCc1ccc(C#N)cc1Cl)C1CCOC1. The van der Waals surface area contributed by atoms with Crippen molar-refractivity contribution in [2.24, 2.45) is 5.92 Å². The number of ether oxygens (including phenoxy) is 1. The van der Waals surface area contributed by atoms with Crippen LogP contribution in [-0.2, 0) is 11.3 Å². The van der Waals surface area contributed by atoms with Crippen molar-refractivity contribution in [3.05, 3.63) is 34.3 Å². The Kier molecular flexibility index (Phi) is 4.60. The summed E-state index contributed by atoms with van der Waals surface area (Å²) in [5.74, 6) is 0.585. The standard InChI is InChI=1S/C14H17ClN2O/c1-10(13-4-5-18-9-13)17-8-12-3-2-11(7-16)6-14(12)15/h2-3,6,10,13,17H,4-5,8-9H2,1H3. The van der Waals surface area contributed by atoms with Gasteiger partial charge in [-0.1, -0.05) is 17.7 Å². The molecular formula is C14H17ClN2O. The Morgan fingerprint density at radius 2 is 2.44 bits per heavy atom. The Hall–Kier alpha value is -1.08. The largest absolute Gasteiger partial charge is 0.381 e. The molecule has 18 heavy (non-hydrogen) atoms. The van der Waals surface area contributed by atoms with Gasteiger partial charge >= 0.3 is 0 Å². The molecule has 3 nitrogen and oxygen atoms in total. The number of benzene rings is 1. The van der Waals surface area contributed by atoms with E-state index >= 15 is 0 Å². The van der Waals surface area contributed by atoms with Gasteiger partial charge in [-0.2, -0.15) is 5.26 Å². The van der Waals surface area contributed by atoms with E-state index in [1.807, 2.05) is 6.07 Å². The molecule has 2 atom stereocenters. The lowest BCUT2D eigenvalue weighted by molar-refractivity contribution is 0.178. The highest BCUT2D eigenvalue weighted by Crippen LogP contribution is 2.20. The lowest BCUT2D eigenvalue weighted by Gasteiger charge is -2.19. The van der Waals surface area contributed by atoms with Crippen LogP contribution in [0.2, 0.25) is 5.02 Å². The number of hydrogen-bond acceptors (Lipinski definition) is 3. The molecule has 4 heteroatoms. The molecule has 1 heterocycles. The summed E-state index contributed by atoms with van der Waals surface area (Å²) in [6.07, 6.45) is 1.12. The zero-order valence-corrected chi connectivity index (χ0v) is 11.2. The van der Waals surface area contributed by atoms with Crippen LogP contribution in [0.4, 0.5) is 0 Å². The van der Waals surface area contributed by atoms with E-state index < -0.39 is 0 Å². The molecule has 0 amide bonds. The number of rotatable bonds is 4. The summed E-state index contributed by atoms with van der Waals surface area (Å²) in [5.41, 5.74) is 1.63. The molecule has 1 N–H and O–H groups in total. The number of halogens is 1. The van der Waals surface area contributed by atoms with Crippen LogP contribution in [0, 0.1) is 17.2 Å². The monoisotopic (exact) mass is 264 g/mol. The lowest BCUT2D eigenvalue weighted by Crippen LogP contribution is -2.33. The van der Waals surface area contributed by atoms with E-state index in [0.717, 1.165) is 31.7 Å². The van der Waals surface area contributed by atoms with Gasteiger partial charge in [0.25, 0.3) is 0 Å². The van der Waals surface area contributed by atoms with Crippen LogP contribution >= 0.6 is 11.6 Å². The van der Waals surface area contributed by atoms with Gasteiger partial charge in [-0.25, -0.2) is 0 Å².